The molecule has 0 saturated carbocycles. The first-order valence-electron chi connectivity index (χ1n) is 4.79. The molecule has 1 rings (SSSR count). The van der Waals surface area contributed by atoms with Crippen LogP contribution in [0, 0.1) is 5.92 Å². The summed E-state index contributed by atoms with van der Waals surface area (Å²) in [5.74, 6) is 0.808. The van der Waals surface area contributed by atoms with Crippen LogP contribution in [0.25, 0.3) is 0 Å². The number of halogens is 2. The Kier molecular flexibility index (Phi) is 4.77. The van der Waals surface area contributed by atoms with Gasteiger partial charge in [0.2, 0.25) is 0 Å². The van der Waals surface area contributed by atoms with Crippen molar-refractivity contribution in [3.63, 3.8) is 0 Å². The van der Waals surface area contributed by atoms with Gasteiger partial charge in [-0.15, -0.1) is 0 Å². The van der Waals surface area contributed by atoms with E-state index in [-0.39, 0.29) is 0 Å². The summed E-state index contributed by atoms with van der Waals surface area (Å²) in [7, 11) is 0. The van der Waals surface area contributed by atoms with E-state index < -0.39 is 0 Å². The Bertz CT molecular complexity index is 193. The Balaban J connectivity index is 2.40. The standard InChI is InChI=1S/C10H17BrClN/c1-3-9-6-13(7-10(9)11)5-8(2)4-12/h4,9-10H,3,5-7H2,1-2H3/b8-4+. The molecular formula is C10H17BrClN. The molecule has 76 valence electrons. The highest BCUT2D eigenvalue weighted by molar-refractivity contribution is 9.09. The van der Waals surface area contributed by atoms with E-state index in [0.29, 0.717) is 4.83 Å². The van der Waals surface area contributed by atoms with Gasteiger partial charge in [0.05, 0.1) is 0 Å². The Hall–Kier alpha value is 0.470. The molecule has 13 heavy (non-hydrogen) atoms. The van der Waals surface area contributed by atoms with Gasteiger partial charge in [-0.2, -0.15) is 0 Å². The maximum Gasteiger partial charge on any atom is 0.0313 e. The van der Waals surface area contributed by atoms with Gasteiger partial charge < -0.3 is 0 Å². The summed E-state index contributed by atoms with van der Waals surface area (Å²) in [5.41, 5.74) is 2.93. The van der Waals surface area contributed by atoms with E-state index >= 15 is 0 Å². The van der Waals surface area contributed by atoms with Gasteiger partial charge >= 0.3 is 0 Å². The van der Waals surface area contributed by atoms with E-state index in [4.69, 9.17) is 11.6 Å². The molecule has 0 aromatic rings. The Morgan fingerprint density at radius 3 is 2.77 bits per heavy atom. The molecule has 1 fully saturated rings. The molecule has 0 radical (unpaired) electrons. The van der Waals surface area contributed by atoms with Gasteiger partial charge in [0, 0.05) is 30.0 Å². The van der Waals surface area contributed by atoms with E-state index in [2.05, 4.69) is 34.7 Å². The number of nitrogens with zero attached hydrogens (tertiary/aromatic N) is 1. The largest absolute Gasteiger partial charge is 0.298 e. The summed E-state index contributed by atoms with van der Waals surface area (Å²) in [5, 5.41) is 0. The first-order chi connectivity index (χ1) is 6.17. The summed E-state index contributed by atoms with van der Waals surface area (Å²) < 4.78 is 0. The van der Waals surface area contributed by atoms with Gasteiger partial charge in [-0.3, -0.25) is 4.90 Å². The van der Waals surface area contributed by atoms with Crippen LogP contribution in [0.5, 0.6) is 0 Å². The molecule has 0 spiro atoms. The fourth-order valence-electron chi connectivity index (χ4n) is 1.82. The van der Waals surface area contributed by atoms with Gasteiger partial charge in [0.25, 0.3) is 0 Å². The molecular weight excluding hydrogens is 249 g/mol. The average molecular weight is 267 g/mol. The van der Waals surface area contributed by atoms with Crippen molar-refractivity contribution in [2.45, 2.75) is 25.1 Å². The summed E-state index contributed by atoms with van der Waals surface area (Å²) in [4.78, 5) is 3.13. The monoisotopic (exact) mass is 265 g/mol. The smallest absolute Gasteiger partial charge is 0.0313 e. The predicted octanol–water partition coefficient (Wildman–Crippen LogP) is 3.23. The minimum atomic E-state index is 0.667. The van der Waals surface area contributed by atoms with E-state index in [0.717, 1.165) is 19.0 Å². The summed E-state index contributed by atoms with van der Waals surface area (Å²) in [6.45, 7) is 7.71. The topological polar surface area (TPSA) is 3.24 Å². The zero-order chi connectivity index (χ0) is 9.84. The van der Waals surface area contributed by atoms with Crippen LogP contribution in [0.3, 0.4) is 0 Å². The first-order valence-corrected chi connectivity index (χ1v) is 6.14. The lowest BCUT2D eigenvalue weighted by Gasteiger charge is -2.14. The maximum absolute atomic E-state index is 5.64. The number of rotatable bonds is 3. The molecule has 0 bridgehead atoms. The Labute approximate surface area is 94.3 Å². The first kappa shape index (κ1) is 11.5. The highest BCUT2D eigenvalue weighted by Gasteiger charge is 2.28. The second kappa shape index (κ2) is 5.38. The molecule has 0 amide bonds. The number of hydrogen-bond acceptors (Lipinski definition) is 1. The van der Waals surface area contributed by atoms with Gasteiger partial charge in [-0.25, -0.2) is 0 Å². The molecule has 0 N–H and O–H groups in total. The minimum absolute atomic E-state index is 0.667. The quantitative estimate of drug-likeness (QED) is 0.709. The highest BCUT2D eigenvalue weighted by Crippen LogP contribution is 2.26. The van der Waals surface area contributed by atoms with Gasteiger partial charge in [-0.05, 0) is 18.4 Å². The molecule has 1 aliphatic heterocycles. The van der Waals surface area contributed by atoms with Gasteiger partial charge in [-0.1, -0.05) is 40.9 Å². The molecule has 0 aliphatic carbocycles. The fraction of sp³-hybridized carbons (Fsp3) is 0.800. The Morgan fingerprint density at radius 1 is 1.62 bits per heavy atom. The van der Waals surface area contributed by atoms with Gasteiger partial charge in [0.1, 0.15) is 0 Å². The van der Waals surface area contributed by atoms with Crippen LogP contribution >= 0.6 is 27.5 Å². The lowest BCUT2D eigenvalue weighted by atomic mass is 10.1. The fourth-order valence-corrected chi connectivity index (χ4v) is 2.84. The van der Waals surface area contributed by atoms with Crippen LogP contribution in [0.4, 0.5) is 0 Å². The number of hydrogen-bond donors (Lipinski definition) is 0. The predicted molar refractivity (Wildman–Crippen MR) is 62.5 cm³/mol. The molecule has 1 heterocycles. The molecule has 1 nitrogen and oxygen atoms in total. The van der Waals surface area contributed by atoms with E-state index in [1.165, 1.54) is 18.5 Å². The third kappa shape index (κ3) is 3.26. The summed E-state index contributed by atoms with van der Waals surface area (Å²) in [6.07, 6.45) is 1.26. The molecule has 1 saturated heterocycles. The van der Waals surface area contributed by atoms with Crippen LogP contribution in [-0.4, -0.2) is 29.4 Å². The SMILES string of the molecule is CCC1CN(C/C(C)=C/Cl)CC1Br. The van der Waals surface area contributed by atoms with Crippen molar-refractivity contribution in [1.82, 2.24) is 4.90 Å². The van der Waals surface area contributed by atoms with E-state index in [1.807, 2.05) is 0 Å². The van der Waals surface area contributed by atoms with Crippen LogP contribution in [0.2, 0.25) is 0 Å². The van der Waals surface area contributed by atoms with E-state index in [1.54, 1.807) is 5.54 Å². The minimum Gasteiger partial charge on any atom is -0.298 e. The van der Waals surface area contributed by atoms with Crippen molar-refractivity contribution in [2.24, 2.45) is 5.92 Å². The third-order valence-electron chi connectivity index (χ3n) is 2.62. The zero-order valence-electron chi connectivity index (χ0n) is 8.26. The van der Waals surface area contributed by atoms with Crippen LogP contribution < -0.4 is 0 Å². The van der Waals surface area contributed by atoms with Gasteiger partial charge in [0.15, 0.2) is 0 Å². The van der Waals surface area contributed by atoms with Crippen molar-refractivity contribution in [1.29, 1.82) is 0 Å². The van der Waals surface area contributed by atoms with E-state index in [9.17, 15) is 0 Å². The van der Waals surface area contributed by atoms with Crippen LogP contribution in [-0.2, 0) is 0 Å². The third-order valence-corrected chi connectivity index (χ3v) is 4.03. The molecule has 3 heteroatoms. The van der Waals surface area contributed by atoms with Crippen LogP contribution in [0.1, 0.15) is 20.3 Å². The normalized spacial score (nSPS) is 31.2. The van der Waals surface area contributed by atoms with Crippen molar-refractivity contribution < 1.29 is 0 Å². The second-order valence-corrected chi connectivity index (χ2v) is 5.23. The average Bonchev–Trinajstić information content (AvgIpc) is 2.46. The van der Waals surface area contributed by atoms with Crippen LogP contribution in [0.15, 0.2) is 11.1 Å². The molecule has 0 aromatic heterocycles. The second-order valence-electron chi connectivity index (χ2n) is 3.83. The summed E-state index contributed by atoms with van der Waals surface area (Å²) in [6, 6.07) is 0. The number of alkyl halides is 1. The molecule has 2 atom stereocenters. The zero-order valence-corrected chi connectivity index (χ0v) is 10.6. The molecule has 0 aromatic carbocycles. The lowest BCUT2D eigenvalue weighted by molar-refractivity contribution is 0.349. The highest BCUT2D eigenvalue weighted by atomic mass is 79.9. The van der Waals surface area contributed by atoms with Crippen molar-refractivity contribution in [3.8, 4) is 0 Å². The van der Waals surface area contributed by atoms with Crippen molar-refractivity contribution in [2.75, 3.05) is 19.6 Å². The molecule has 1 aliphatic rings. The maximum atomic E-state index is 5.64. The summed E-state index contributed by atoms with van der Waals surface area (Å²) >= 11 is 9.36. The van der Waals surface area contributed by atoms with Crippen molar-refractivity contribution in [3.05, 3.63) is 11.1 Å². The molecule has 2 unspecified atom stereocenters. The number of likely N-dealkylation sites (tertiary alicyclic amines) is 1. The Morgan fingerprint density at radius 2 is 2.31 bits per heavy atom. The van der Waals surface area contributed by atoms with Crippen molar-refractivity contribution >= 4 is 27.5 Å². The lowest BCUT2D eigenvalue weighted by Crippen LogP contribution is -2.22.